The molecule has 140 valence electrons. The summed E-state index contributed by atoms with van der Waals surface area (Å²) >= 11 is 0. The topological polar surface area (TPSA) is 35.1 Å². The average Bonchev–Trinajstić information content (AvgIpc) is 3.43. The van der Waals surface area contributed by atoms with Crippen molar-refractivity contribution in [3.05, 3.63) is 97.5 Å². The molecule has 0 fully saturated rings. The lowest BCUT2D eigenvalue weighted by Crippen LogP contribution is -1.95. The van der Waals surface area contributed by atoms with Gasteiger partial charge in [-0.05, 0) is 42.5 Å². The molecule has 0 spiro atoms. The minimum atomic E-state index is 0.932. The molecule has 0 bridgehead atoms. The summed E-state index contributed by atoms with van der Waals surface area (Å²) in [4.78, 5) is 9.36. The summed E-state index contributed by atoms with van der Waals surface area (Å²) in [5.74, 6) is 0. The highest BCUT2D eigenvalue weighted by Crippen LogP contribution is 2.40. The first-order valence-electron chi connectivity index (χ1n) is 10.0. The van der Waals surface area contributed by atoms with Gasteiger partial charge in [0.15, 0.2) is 0 Å². The standard InChI is InChI=1S/C26H16N4/c1-2-7-17(8-3-1)30-21-11-5-4-9-18(21)24-22(30)13-12-20-23(24)19-10-6-14-27-25(19)29-16-15-28-26(20)29/h1-16H. The van der Waals surface area contributed by atoms with E-state index in [0.29, 0.717) is 0 Å². The number of rotatable bonds is 1. The molecule has 4 aromatic heterocycles. The van der Waals surface area contributed by atoms with Gasteiger partial charge in [0.2, 0.25) is 0 Å². The van der Waals surface area contributed by atoms with Crippen molar-refractivity contribution in [3.8, 4) is 5.69 Å². The van der Waals surface area contributed by atoms with Crippen molar-refractivity contribution < 1.29 is 0 Å². The quantitative estimate of drug-likeness (QED) is 0.319. The second-order valence-electron chi connectivity index (χ2n) is 7.57. The molecule has 0 N–H and O–H groups in total. The van der Waals surface area contributed by atoms with Gasteiger partial charge in [-0.3, -0.25) is 4.40 Å². The summed E-state index contributed by atoms with van der Waals surface area (Å²) in [6.45, 7) is 0. The minimum Gasteiger partial charge on any atom is -0.309 e. The van der Waals surface area contributed by atoms with Crippen LogP contribution in [0.2, 0.25) is 0 Å². The normalized spacial score (nSPS) is 12.0. The monoisotopic (exact) mass is 384 g/mol. The lowest BCUT2D eigenvalue weighted by Gasteiger charge is -2.10. The number of nitrogens with zero attached hydrogens (tertiary/aromatic N) is 4. The predicted octanol–water partition coefficient (Wildman–Crippen LogP) is 6.13. The van der Waals surface area contributed by atoms with Crippen LogP contribution in [0.25, 0.3) is 54.9 Å². The number of fused-ring (bicyclic) bond motifs is 10. The Morgan fingerprint density at radius 3 is 2.17 bits per heavy atom. The molecule has 30 heavy (non-hydrogen) atoms. The molecule has 0 aliphatic heterocycles. The van der Waals surface area contributed by atoms with Crippen molar-refractivity contribution in [2.75, 3.05) is 0 Å². The molecule has 0 amide bonds. The summed E-state index contributed by atoms with van der Waals surface area (Å²) < 4.78 is 4.43. The zero-order chi connectivity index (χ0) is 19.7. The van der Waals surface area contributed by atoms with Gasteiger partial charge in [0.1, 0.15) is 11.3 Å². The molecule has 0 saturated carbocycles. The molecular weight excluding hydrogens is 368 g/mol. The van der Waals surface area contributed by atoms with E-state index in [1.54, 1.807) is 0 Å². The van der Waals surface area contributed by atoms with Crippen molar-refractivity contribution >= 4 is 49.3 Å². The van der Waals surface area contributed by atoms with Crippen molar-refractivity contribution in [1.82, 2.24) is 18.9 Å². The average molecular weight is 384 g/mol. The Hall–Kier alpha value is -4.18. The molecule has 3 aromatic carbocycles. The van der Waals surface area contributed by atoms with Crippen LogP contribution in [-0.4, -0.2) is 18.9 Å². The molecule has 4 heterocycles. The first-order valence-corrected chi connectivity index (χ1v) is 10.0. The summed E-state index contributed by atoms with van der Waals surface area (Å²) in [6.07, 6.45) is 5.68. The summed E-state index contributed by atoms with van der Waals surface area (Å²) in [5, 5.41) is 5.97. The SMILES string of the molecule is c1ccc(-n2c3ccccc3c3c4c5cccnc5n5ccnc5c4ccc32)cc1. The Labute approximate surface area is 171 Å². The number of hydrogen-bond donors (Lipinski definition) is 0. The summed E-state index contributed by atoms with van der Waals surface area (Å²) in [5.41, 5.74) is 5.42. The highest BCUT2D eigenvalue weighted by molar-refractivity contribution is 6.29. The van der Waals surface area contributed by atoms with E-state index in [9.17, 15) is 0 Å². The van der Waals surface area contributed by atoms with Gasteiger partial charge in [-0.15, -0.1) is 0 Å². The third-order valence-corrected chi connectivity index (χ3v) is 6.02. The van der Waals surface area contributed by atoms with Gasteiger partial charge >= 0.3 is 0 Å². The lowest BCUT2D eigenvalue weighted by atomic mass is 10.0. The van der Waals surface area contributed by atoms with Crippen LogP contribution in [0.5, 0.6) is 0 Å². The third-order valence-electron chi connectivity index (χ3n) is 6.02. The Kier molecular flexibility index (Phi) is 2.97. The fourth-order valence-electron chi connectivity index (χ4n) is 4.84. The highest BCUT2D eigenvalue weighted by atomic mass is 15.0. The largest absolute Gasteiger partial charge is 0.309 e. The van der Waals surface area contributed by atoms with Crippen LogP contribution >= 0.6 is 0 Å². The maximum Gasteiger partial charge on any atom is 0.146 e. The Bertz CT molecular complexity index is 1740. The van der Waals surface area contributed by atoms with Gasteiger partial charge in [0, 0.05) is 51.2 Å². The molecule has 0 unspecified atom stereocenters. The van der Waals surface area contributed by atoms with Crippen LogP contribution < -0.4 is 0 Å². The molecule has 0 radical (unpaired) electrons. The van der Waals surface area contributed by atoms with E-state index in [2.05, 4.69) is 86.7 Å². The lowest BCUT2D eigenvalue weighted by molar-refractivity contribution is 1.18. The molecule has 0 aliphatic rings. The van der Waals surface area contributed by atoms with E-state index in [4.69, 9.17) is 4.98 Å². The van der Waals surface area contributed by atoms with Crippen molar-refractivity contribution in [2.45, 2.75) is 0 Å². The predicted molar refractivity (Wildman–Crippen MR) is 122 cm³/mol. The molecule has 4 nitrogen and oxygen atoms in total. The first kappa shape index (κ1) is 15.7. The van der Waals surface area contributed by atoms with E-state index in [1.165, 1.54) is 27.2 Å². The second kappa shape index (κ2) is 5.67. The number of aromatic nitrogens is 4. The molecule has 7 rings (SSSR count). The Balaban J connectivity index is 1.83. The fraction of sp³-hybridized carbons (Fsp3) is 0. The highest BCUT2D eigenvalue weighted by Gasteiger charge is 2.18. The maximum atomic E-state index is 4.70. The molecule has 0 atom stereocenters. The van der Waals surface area contributed by atoms with E-state index in [-0.39, 0.29) is 0 Å². The van der Waals surface area contributed by atoms with Gasteiger partial charge in [-0.1, -0.05) is 36.4 Å². The first-order chi connectivity index (χ1) is 14.9. The molecule has 0 saturated heterocycles. The third kappa shape index (κ3) is 1.90. The van der Waals surface area contributed by atoms with Crippen LogP contribution in [-0.2, 0) is 0 Å². The number of hydrogen-bond acceptors (Lipinski definition) is 2. The van der Waals surface area contributed by atoms with Gasteiger partial charge < -0.3 is 4.57 Å². The van der Waals surface area contributed by atoms with Crippen LogP contribution in [0.15, 0.2) is 97.5 Å². The summed E-state index contributed by atoms with van der Waals surface area (Å²) in [6, 6.07) is 27.8. The molecule has 7 aromatic rings. The Morgan fingerprint density at radius 2 is 1.27 bits per heavy atom. The fourth-order valence-corrected chi connectivity index (χ4v) is 4.84. The van der Waals surface area contributed by atoms with Crippen LogP contribution in [0.1, 0.15) is 0 Å². The molecular formula is C26H16N4. The van der Waals surface area contributed by atoms with E-state index in [1.807, 2.05) is 24.7 Å². The number of benzene rings is 3. The van der Waals surface area contributed by atoms with Gasteiger partial charge in [-0.2, -0.15) is 0 Å². The number of pyridine rings is 2. The van der Waals surface area contributed by atoms with Crippen LogP contribution in [0.3, 0.4) is 0 Å². The van der Waals surface area contributed by atoms with Crippen molar-refractivity contribution in [2.24, 2.45) is 0 Å². The Morgan fingerprint density at radius 1 is 0.533 bits per heavy atom. The minimum absolute atomic E-state index is 0.932. The van der Waals surface area contributed by atoms with Crippen molar-refractivity contribution in [1.29, 1.82) is 0 Å². The second-order valence-corrected chi connectivity index (χ2v) is 7.57. The van der Waals surface area contributed by atoms with E-state index in [0.717, 1.165) is 27.8 Å². The van der Waals surface area contributed by atoms with Crippen LogP contribution in [0.4, 0.5) is 0 Å². The molecule has 0 aliphatic carbocycles. The van der Waals surface area contributed by atoms with Gasteiger partial charge in [-0.25, -0.2) is 9.97 Å². The smallest absolute Gasteiger partial charge is 0.146 e. The van der Waals surface area contributed by atoms with E-state index < -0.39 is 0 Å². The number of para-hydroxylation sites is 2. The zero-order valence-corrected chi connectivity index (χ0v) is 16.0. The van der Waals surface area contributed by atoms with Gasteiger partial charge in [0.05, 0.1) is 11.0 Å². The molecule has 4 heteroatoms. The van der Waals surface area contributed by atoms with E-state index >= 15 is 0 Å². The zero-order valence-electron chi connectivity index (χ0n) is 16.0. The summed E-state index contributed by atoms with van der Waals surface area (Å²) in [7, 11) is 0. The van der Waals surface area contributed by atoms with Gasteiger partial charge in [0.25, 0.3) is 0 Å². The number of imidazole rings is 1. The van der Waals surface area contributed by atoms with Crippen molar-refractivity contribution in [3.63, 3.8) is 0 Å². The maximum absolute atomic E-state index is 4.70. The van der Waals surface area contributed by atoms with Crippen LogP contribution in [0, 0.1) is 0 Å².